The monoisotopic (exact) mass is 303 g/mol. The summed E-state index contributed by atoms with van der Waals surface area (Å²) in [4.78, 5) is 11.4. The van der Waals surface area contributed by atoms with Crippen LogP contribution in [0.25, 0.3) is 0 Å². The van der Waals surface area contributed by atoms with Crippen molar-refractivity contribution in [2.75, 3.05) is 5.32 Å². The van der Waals surface area contributed by atoms with Crippen LogP contribution in [0.15, 0.2) is 24.3 Å². The van der Waals surface area contributed by atoms with E-state index in [4.69, 9.17) is 0 Å². The van der Waals surface area contributed by atoms with Gasteiger partial charge in [0.1, 0.15) is 0 Å². The summed E-state index contributed by atoms with van der Waals surface area (Å²) in [7, 11) is 0. The Balaban J connectivity index is 2.52. The van der Waals surface area contributed by atoms with Crippen molar-refractivity contribution in [2.45, 2.75) is 26.2 Å². The average molecular weight is 303 g/mol. The second-order valence-electron chi connectivity index (χ2n) is 3.13. The molecule has 0 aromatic heterocycles. The molecule has 1 aromatic carbocycles. The fourth-order valence-electron chi connectivity index (χ4n) is 1.11. The van der Waals surface area contributed by atoms with Crippen LogP contribution in [0.1, 0.15) is 26.2 Å². The first-order valence-corrected chi connectivity index (χ1v) is 5.86. The molecule has 0 heterocycles. The quantitative estimate of drug-likeness (QED) is 0.848. The first-order chi connectivity index (χ1) is 6.74. The Morgan fingerprint density at radius 3 is 2.79 bits per heavy atom. The summed E-state index contributed by atoms with van der Waals surface area (Å²) in [5, 5.41) is 2.90. The van der Waals surface area contributed by atoms with E-state index in [2.05, 4.69) is 34.8 Å². The standard InChI is InChI=1S/C11H14INO/c1-2-3-8-11(14)13-10-7-5-4-6-9(10)12/h4-7H,2-3,8H2,1H3,(H,13,14). The second kappa shape index (κ2) is 6.01. The van der Waals surface area contributed by atoms with E-state index in [9.17, 15) is 4.79 Å². The Labute approximate surface area is 98.2 Å². The van der Waals surface area contributed by atoms with Gasteiger partial charge in [-0.05, 0) is 41.1 Å². The number of carbonyl (C=O) groups is 1. The number of rotatable bonds is 4. The van der Waals surface area contributed by atoms with Crippen molar-refractivity contribution < 1.29 is 4.79 Å². The maximum atomic E-state index is 11.4. The van der Waals surface area contributed by atoms with E-state index in [-0.39, 0.29) is 5.91 Å². The third-order valence-electron chi connectivity index (χ3n) is 1.91. The van der Waals surface area contributed by atoms with Gasteiger partial charge in [0.05, 0.1) is 5.69 Å². The van der Waals surface area contributed by atoms with Crippen molar-refractivity contribution in [1.82, 2.24) is 0 Å². The van der Waals surface area contributed by atoms with E-state index in [1.807, 2.05) is 24.3 Å². The van der Waals surface area contributed by atoms with Crippen LogP contribution in [0.2, 0.25) is 0 Å². The highest BCUT2D eigenvalue weighted by molar-refractivity contribution is 14.1. The van der Waals surface area contributed by atoms with Gasteiger partial charge in [-0.2, -0.15) is 0 Å². The number of halogens is 1. The van der Waals surface area contributed by atoms with Gasteiger partial charge < -0.3 is 5.32 Å². The lowest BCUT2D eigenvalue weighted by Gasteiger charge is -2.06. The van der Waals surface area contributed by atoms with Crippen molar-refractivity contribution in [3.8, 4) is 0 Å². The van der Waals surface area contributed by atoms with Crippen LogP contribution in [0.4, 0.5) is 5.69 Å². The van der Waals surface area contributed by atoms with Crippen LogP contribution in [0.5, 0.6) is 0 Å². The highest BCUT2D eigenvalue weighted by Gasteiger charge is 2.03. The number of hydrogen-bond acceptors (Lipinski definition) is 1. The molecule has 76 valence electrons. The van der Waals surface area contributed by atoms with Crippen LogP contribution >= 0.6 is 22.6 Å². The average Bonchev–Trinajstić information content (AvgIpc) is 2.18. The third kappa shape index (κ3) is 3.65. The molecule has 1 rings (SSSR count). The van der Waals surface area contributed by atoms with Gasteiger partial charge in [-0.1, -0.05) is 25.5 Å². The number of carbonyl (C=O) groups excluding carboxylic acids is 1. The molecule has 3 heteroatoms. The predicted octanol–water partition coefficient (Wildman–Crippen LogP) is 3.42. The third-order valence-corrected chi connectivity index (χ3v) is 2.85. The lowest BCUT2D eigenvalue weighted by molar-refractivity contribution is -0.116. The number of nitrogens with one attached hydrogen (secondary N) is 1. The fraction of sp³-hybridized carbons (Fsp3) is 0.364. The summed E-state index contributed by atoms with van der Waals surface area (Å²) in [5.41, 5.74) is 0.911. The molecule has 0 atom stereocenters. The molecule has 14 heavy (non-hydrogen) atoms. The van der Waals surface area contributed by atoms with Gasteiger partial charge in [-0.15, -0.1) is 0 Å². The first kappa shape index (κ1) is 11.5. The smallest absolute Gasteiger partial charge is 0.224 e. The van der Waals surface area contributed by atoms with Gasteiger partial charge in [0.2, 0.25) is 5.91 Å². The van der Waals surface area contributed by atoms with E-state index in [0.29, 0.717) is 6.42 Å². The maximum Gasteiger partial charge on any atom is 0.224 e. The zero-order valence-corrected chi connectivity index (χ0v) is 10.4. The van der Waals surface area contributed by atoms with E-state index >= 15 is 0 Å². The minimum atomic E-state index is 0.107. The van der Waals surface area contributed by atoms with E-state index in [0.717, 1.165) is 22.1 Å². The zero-order chi connectivity index (χ0) is 10.4. The van der Waals surface area contributed by atoms with E-state index in [1.54, 1.807) is 0 Å². The zero-order valence-electron chi connectivity index (χ0n) is 8.22. The number of benzene rings is 1. The lowest BCUT2D eigenvalue weighted by atomic mass is 10.2. The highest BCUT2D eigenvalue weighted by atomic mass is 127. The van der Waals surface area contributed by atoms with Gasteiger partial charge in [0.25, 0.3) is 0 Å². The SMILES string of the molecule is CCCCC(=O)Nc1ccccc1I. The Hall–Kier alpha value is -0.580. The van der Waals surface area contributed by atoms with Crippen LogP contribution in [-0.4, -0.2) is 5.91 Å². The summed E-state index contributed by atoms with van der Waals surface area (Å²) in [5.74, 6) is 0.107. The Morgan fingerprint density at radius 1 is 1.43 bits per heavy atom. The molecule has 0 saturated heterocycles. The minimum absolute atomic E-state index is 0.107. The van der Waals surface area contributed by atoms with Crippen LogP contribution < -0.4 is 5.32 Å². The molecule has 0 fully saturated rings. The Kier molecular flexibility index (Phi) is 4.93. The molecule has 0 unspecified atom stereocenters. The number of hydrogen-bond donors (Lipinski definition) is 1. The van der Waals surface area contributed by atoms with Gasteiger partial charge in [0, 0.05) is 9.99 Å². The van der Waals surface area contributed by atoms with Crippen LogP contribution in [0, 0.1) is 3.57 Å². The first-order valence-electron chi connectivity index (χ1n) is 4.78. The molecule has 0 aliphatic rings. The van der Waals surface area contributed by atoms with Gasteiger partial charge in [-0.3, -0.25) is 4.79 Å². The summed E-state index contributed by atoms with van der Waals surface area (Å²) in [6, 6.07) is 7.79. The molecule has 0 aliphatic carbocycles. The topological polar surface area (TPSA) is 29.1 Å². The maximum absolute atomic E-state index is 11.4. The largest absolute Gasteiger partial charge is 0.325 e. The van der Waals surface area contributed by atoms with Crippen molar-refractivity contribution in [3.63, 3.8) is 0 Å². The van der Waals surface area contributed by atoms with Crippen LogP contribution in [0.3, 0.4) is 0 Å². The number of unbranched alkanes of at least 4 members (excludes halogenated alkanes) is 1. The highest BCUT2D eigenvalue weighted by Crippen LogP contribution is 2.17. The van der Waals surface area contributed by atoms with E-state index in [1.165, 1.54) is 0 Å². The lowest BCUT2D eigenvalue weighted by Crippen LogP contribution is -2.11. The predicted molar refractivity (Wildman–Crippen MR) is 67.3 cm³/mol. The molecule has 1 amide bonds. The molecule has 0 saturated carbocycles. The van der Waals surface area contributed by atoms with E-state index < -0.39 is 0 Å². The number of anilines is 1. The fourth-order valence-corrected chi connectivity index (χ4v) is 1.63. The van der Waals surface area contributed by atoms with Crippen molar-refractivity contribution in [1.29, 1.82) is 0 Å². The summed E-state index contributed by atoms with van der Waals surface area (Å²) in [6.07, 6.45) is 2.62. The van der Waals surface area contributed by atoms with Crippen molar-refractivity contribution >= 4 is 34.2 Å². The number of amides is 1. The Morgan fingerprint density at radius 2 is 2.14 bits per heavy atom. The van der Waals surface area contributed by atoms with Crippen LogP contribution in [-0.2, 0) is 4.79 Å². The van der Waals surface area contributed by atoms with Crippen molar-refractivity contribution in [3.05, 3.63) is 27.8 Å². The minimum Gasteiger partial charge on any atom is -0.325 e. The molecule has 0 spiro atoms. The van der Waals surface area contributed by atoms with Gasteiger partial charge in [0.15, 0.2) is 0 Å². The molecular weight excluding hydrogens is 289 g/mol. The van der Waals surface area contributed by atoms with Gasteiger partial charge >= 0.3 is 0 Å². The number of para-hydroxylation sites is 1. The normalized spacial score (nSPS) is 9.86. The molecular formula is C11H14INO. The summed E-state index contributed by atoms with van der Waals surface area (Å²) >= 11 is 2.22. The Bertz CT molecular complexity index is 312. The molecule has 0 aliphatic heterocycles. The molecule has 2 nitrogen and oxygen atoms in total. The molecule has 1 N–H and O–H groups in total. The summed E-state index contributed by atoms with van der Waals surface area (Å²) < 4.78 is 1.08. The molecule has 0 radical (unpaired) electrons. The molecule has 0 bridgehead atoms. The summed E-state index contributed by atoms with van der Waals surface area (Å²) in [6.45, 7) is 2.08. The molecule has 1 aromatic rings. The van der Waals surface area contributed by atoms with Crippen molar-refractivity contribution in [2.24, 2.45) is 0 Å². The second-order valence-corrected chi connectivity index (χ2v) is 4.29. The van der Waals surface area contributed by atoms with Gasteiger partial charge in [-0.25, -0.2) is 0 Å².